The zero-order valence-electron chi connectivity index (χ0n) is 9.20. The van der Waals surface area contributed by atoms with E-state index in [1.165, 1.54) is 0 Å². The molecule has 0 saturated heterocycles. The van der Waals surface area contributed by atoms with Gasteiger partial charge in [-0.3, -0.25) is 0 Å². The zero-order chi connectivity index (χ0) is 12.1. The summed E-state index contributed by atoms with van der Waals surface area (Å²) in [6.45, 7) is 0.549. The zero-order valence-corrected chi connectivity index (χ0v) is 11.5. The monoisotopic (exact) mass is 310 g/mol. The molecule has 2 aromatic rings. The van der Waals surface area contributed by atoms with Gasteiger partial charge in [-0.25, -0.2) is 0 Å². The molecule has 0 bridgehead atoms. The van der Waals surface area contributed by atoms with E-state index in [2.05, 4.69) is 15.9 Å². The number of rotatable bonds is 4. The van der Waals surface area contributed by atoms with Crippen LogP contribution in [0.3, 0.4) is 0 Å². The third kappa shape index (κ3) is 3.48. The summed E-state index contributed by atoms with van der Waals surface area (Å²) in [5, 5.41) is 0. The van der Waals surface area contributed by atoms with E-state index >= 15 is 0 Å². The van der Waals surface area contributed by atoms with Gasteiger partial charge in [0.15, 0.2) is 0 Å². The van der Waals surface area contributed by atoms with Crippen molar-refractivity contribution in [2.24, 2.45) is 0 Å². The minimum absolute atomic E-state index is 0.467. The number of benzene rings is 2. The van der Waals surface area contributed by atoms with Gasteiger partial charge in [-0.15, -0.1) is 11.6 Å². The lowest BCUT2D eigenvalue weighted by Crippen LogP contribution is -1.97. The van der Waals surface area contributed by atoms with Gasteiger partial charge in [0, 0.05) is 10.0 Å². The first-order chi connectivity index (χ1) is 8.29. The van der Waals surface area contributed by atoms with Gasteiger partial charge in [0.05, 0.1) is 5.88 Å². The van der Waals surface area contributed by atoms with Gasteiger partial charge in [-0.1, -0.05) is 46.3 Å². The lowest BCUT2D eigenvalue weighted by atomic mass is 10.2. The number of halogens is 2. The lowest BCUT2D eigenvalue weighted by Gasteiger charge is -2.09. The highest BCUT2D eigenvalue weighted by Gasteiger charge is 2.02. The molecule has 0 spiro atoms. The van der Waals surface area contributed by atoms with E-state index in [9.17, 15) is 0 Å². The van der Waals surface area contributed by atoms with Crippen molar-refractivity contribution in [1.82, 2.24) is 0 Å². The van der Waals surface area contributed by atoms with Crippen molar-refractivity contribution in [2.75, 3.05) is 0 Å². The van der Waals surface area contributed by atoms with E-state index in [1.54, 1.807) is 0 Å². The number of hydrogen-bond donors (Lipinski definition) is 0. The largest absolute Gasteiger partial charge is 0.489 e. The van der Waals surface area contributed by atoms with Crippen LogP contribution in [0.2, 0.25) is 0 Å². The van der Waals surface area contributed by atoms with Crippen molar-refractivity contribution in [2.45, 2.75) is 12.5 Å². The molecule has 0 N–H and O–H groups in total. The molecular weight excluding hydrogens is 300 g/mol. The van der Waals surface area contributed by atoms with Crippen LogP contribution in [0.5, 0.6) is 5.75 Å². The molecule has 2 aromatic carbocycles. The average Bonchev–Trinajstić information content (AvgIpc) is 2.37. The lowest BCUT2D eigenvalue weighted by molar-refractivity contribution is 0.304. The van der Waals surface area contributed by atoms with Crippen molar-refractivity contribution >= 4 is 27.5 Å². The number of ether oxygens (including phenoxy) is 1. The van der Waals surface area contributed by atoms with Crippen molar-refractivity contribution in [3.05, 3.63) is 64.1 Å². The van der Waals surface area contributed by atoms with Crippen LogP contribution in [0.4, 0.5) is 0 Å². The third-order valence-electron chi connectivity index (χ3n) is 2.40. The normalized spacial score (nSPS) is 10.2. The van der Waals surface area contributed by atoms with E-state index < -0.39 is 0 Å². The van der Waals surface area contributed by atoms with Crippen molar-refractivity contribution in [3.8, 4) is 5.75 Å². The van der Waals surface area contributed by atoms with Crippen molar-refractivity contribution < 1.29 is 4.74 Å². The molecular formula is C14H12BrClO. The Morgan fingerprint density at radius 1 is 1.06 bits per heavy atom. The summed E-state index contributed by atoms with van der Waals surface area (Å²) in [5.74, 6) is 1.32. The summed E-state index contributed by atoms with van der Waals surface area (Å²) in [6.07, 6.45) is 0. The molecule has 0 saturated carbocycles. The fraction of sp³-hybridized carbons (Fsp3) is 0.143. The van der Waals surface area contributed by atoms with Crippen LogP contribution >= 0.6 is 27.5 Å². The maximum Gasteiger partial charge on any atom is 0.124 e. The van der Waals surface area contributed by atoms with Gasteiger partial charge in [-0.2, -0.15) is 0 Å². The predicted octanol–water partition coefficient (Wildman–Crippen LogP) is 4.77. The highest BCUT2D eigenvalue weighted by molar-refractivity contribution is 9.10. The van der Waals surface area contributed by atoms with Crippen molar-refractivity contribution in [3.63, 3.8) is 0 Å². The topological polar surface area (TPSA) is 9.23 Å². The summed E-state index contributed by atoms with van der Waals surface area (Å²) in [6, 6.07) is 15.9. The minimum atomic E-state index is 0.467. The molecule has 0 amide bonds. The average molecular weight is 312 g/mol. The summed E-state index contributed by atoms with van der Waals surface area (Å²) >= 11 is 9.29. The van der Waals surface area contributed by atoms with Crippen LogP contribution in [0.1, 0.15) is 11.1 Å². The first-order valence-electron chi connectivity index (χ1n) is 5.30. The number of para-hydroxylation sites is 1. The fourth-order valence-corrected chi connectivity index (χ4v) is 2.21. The molecule has 1 nitrogen and oxygen atoms in total. The smallest absolute Gasteiger partial charge is 0.124 e. The maximum atomic E-state index is 5.85. The van der Waals surface area contributed by atoms with Gasteiger partial charge in [0.1, 0.15) is 12.4 Å². The molecule has 0 heterocycles. The molecule has 17 heavy (non-hydrogen) atoms. The molecule has 0 radical (unpaired) electrons. The summed E-state index contributed by atoms with van der Waals surface area (Å²) in [4.78, 5) is 0. The Bertz CT molecular complexity index is 499. The van der Waals surface area contributed by atoms with E-state index in [-0.39, 0.29) is 0 Å². The highest BCUT2D eigenvalue weighted by Crippen LogP contribution is 2.21. The first-order valence-corrected chi connectivity index (χ1v) is 6.63. The maximum absolute atomic E-state index is 5.85. The van der Waals surface area contributed by atoms with Crippen molar-refractivity contribution in [1.29, 1.82) is 0 Å². The molecule has 88 valence electrons. The van der Waals surface area contributed by atoms with Gasteiger partial charge in [0.25, 0.3) is 0 Å². The first kappa shape index (κ1) is 12.5. The molecule has 0 atom stereocenters. The van der Waals surface area contributed by atoms with Crippen LogP contribution < -0.4 is 4.74 Å². The molecule has 3 heteroatoms. The molecule has 2 rings (SSSR count). The quantitative estimate of drug-likeness (QED) is 0.739. The predicted molar refractivity (Wildman–Crippen MR) is 74.5 cm³/mol. The third-order valence-corrected chi connectivity index (χ3v) is 3.18. The minimum Gasteiger partial charge on any atom is -0.489 e. The Morgan fingerprint density at radius 3 is 2.65 bits per heavy atom. The highest BCUT2D eigenvalue weighted by atomic mass is 79.9. The second-order valence-corrected chi connectivity index (χ2v) is 4.84. The standard InChI is InChI=1S/C14H12BrClO/c15-13-6-3-4-11(8-13)10-17-14-7-2-1-5-12(14)9-16/h1-8H,9-10H2. The molecule has 0 aliphatic heterocycles. The Labute approximate surface area is 115 Å². The summed E-state index contributed by atoms with van der Waals surface area (Å²) in [7, 11) is 0. The molecule has 0 unspecified atom stereocenters. The van der Waals surface area contributed by atoms with Crippen LogP contribution in [-0.2, 0) is 12.5 Å². The molecule has 0 fully saturated rings. The summed E-state index contributed by atoms with van der Waals surface area (Å²) in [5.41, 5.74) is 2.15. The Kier molecular flexibility index (Phi) is 4.46. The van der Waals surface area contributed by atoms with Gasteiger partial charge >= 0.3 is 0 Å². The fourth-order valence-electron chi connectivity index (χ4n) is 1.54. The van der Waals surface area contributed by atoms with Gasteiger partial charge in [-0.05, 0) is 23.8 Å². The van der Waals surface area contributed by atoms with E-state index in [0.29, 0.717) is 12.5 Å². The second kappa shape index (κ2) is 6.08. The molecule has 0 aromatic heterocycles. The molecule has 0 aliphatic carbocycles. The Balaban J connectivity index is 2.07. The van der Waals surface area contributed by atoms with Crippen LogP contribution in [0, 0.1) is 0 Å². The number of hydrogen-bond acceptors (Lipinski definition) is 1. The Hall–Kier alpha value is -0.990. The van der Waals surface area contributed by atoms with E-state index in [0.717, 1.165) is 21.3 Å². The second-order valence-electron chi connectivity index (χ2n) is 3.66. The van der Waals surface area contributed by atoms with Crippen LogP contribution in [0.25, 0.3) is 0 Å². The van der Waals surface area contributed by atoms with E-state index in [1.807, 2.05) is 48.5 Å². The molecule has 0 aliphatic rings. The Morgan fingerprint density at radius 2 is 1.88 bits per heavy atom. The van der Waals surface area contributed by atoms with Crippen LogP contribution in [0.15, 0.2) is 53.0 Å². The number of alkyl halides is 1. The SMILES string of the molecule is ClCc1ccccc1OCc1cccc(Br)c1. The summed E-state index contributed by atoms with van der Waals surface area (Å²) < 4.78 is 6.82. The van der Waals surface area contributed by atoms with Gasteiger partial charge < -0.3 is 4.74 Å². The van der Waals surface area contributed by atoms with Gasteiger partial charge in [0.2, 0.25) is 0 Å². The van der Waals surface area contributed by atoms with Crippen LogP contribution in [-0.4, -0.2) is 0 Å². The van der Waals surface area contributed by atoms with E-state index in [4.69, 9.17) is 16.3 Å².